The van der Waals surface area contributed by atoms with Crippen LogP contribution in [0.2, 0.25) is 0 Å². The van der Waals surface area contributed by atoms with Crippen LogP contribution in [-0.4, -0.2) is 76.5 Å². The van der Waals surface area contributed by atoms with Crippen molar-refractivity contribution < 1.29 is 19.4 Å². The van der Waals surface area contributed by atoms with Gasteiger partial charge in [-0.05, 0) is 26.9 Å². The largest absolute Gasteiger partial charge is 0.476 e. The van der Waals surface area contributed by atoms with Crippen molar-refractivity contribution in [2.24, 2.45) is 0 Å². The minimum Gasteiger partial charge on any atom is -0.476 e. The van der Waals surface area contributed by atoms with Gasteiger partial charge in [-0.1, -0.05) is 0 Å². The Kier molecular flexibility index (Phi) is 4.86. The summed E-state index contributed by atoms with van der Waals surface area (Å²) in [4.78, 5) is 27.8. The molecule has 8 heteroatoms. The van der Waals surface area contributed by atoms with E-state index in [1.807, 2.05) is 19.0 Å². The number of nitrogens with zero attached hydrogens (tertiary/aromatic N) is 4. The smallest absolute Gasteiger partial charge is 0.356 e. The molecule has 132 valence electrons. The summed E-state index contributed by atoms with van der Waals surface area (Å²) in [5.41, 5.74) is 1.66. The second kappa shape index (κ2) is 6.90. The van der Waals surface area contributed by atoms with Crippen LogP contribution in [0, 0.1) is 0 Å². The highest BCUT2D eigenvalue weighted by molar-refractivity contribution is 5.88. The van der Waals surface area contributed by atoms with E-state index in [-0.39, 0.29) is 17.7 Å². The standard InChI is InChI=1S/C16H24N4O4/c1-18(2)7-8-20-12-5-6-19(15(21)13-4-3-9-24-13)10-11(12)14(17-20)16(22)23/h13H,3-10H2,1-2H3,(H,22,23)/t13-/m0/s1. The van der Waals surface area contributed by atoms with Crippen LogP contribution < -0.4 is 0 Å². The number of amides is 1. The summed E-state index contributed by atoms with van der Waals surface area (Å²) in [5, 5.41) is 13.7. The van der Waals surface area contributed by atoms with Gasteiger partial charge in [-0.2, -0.15) is 5.10 Å². The predicted molar refractivity (Wildman–Crippen MR) is 85.8 cm³/mol. The minimum atomic E-state index is -1.04. The van der Waals surface area contributed by atoms with Crippen LogP contribution in [0.15, 0.2) is 0 Å². The molecule has 1 fully saturated rings. The zero-order valence-electron chi connectivity index (χ0n) is 14.2. The second-order valence-electron chi connectivity index (χ2n) is 6.62. The normalized spacial score (nSPS) is 20.5. The lowest BCUT2D eigenvalue weighted by Gasteiger charge is -2.29. The molecule has 0 bridgehead atoms. The van der Waals surface area contributed by atoms with Crippen molar-refractivity contribution in [3.05, 3.63) is 17.0 Å². The summed E-state index contributed by atoms with van der Waals surface area (Å²) in [5.74, 6) is -1.07. The highest BCUT2D eigenvalue weighted by atomic mass is 16.5. The van der Waals surface area contributed by atoms with Gasteiger partial charge in [0.25, 0.3) is 5.91 Å². The molecule has 1 saturated heterocycles. The fourth-order valence-corrected chi connectivity index (χ4v) is 3.31. The lowest BCUT2D eigenvalue weighted by molar-refractivity contribution is -0.141. The first-order chi connectivity index (χ1) is 11.5. The molecule has 1 atom stereocenters. The van der Waals surface area contributed by atoms with E-state index in [9.17, 15) is 14.7 Å². The number of carbonyl (C=O) groups is 2. The van der Waals surface area contributed by atoms with Gasteiger partial charge in [0, 0.05) is 43.9 Å². The van der Waals surface area contributed by atoms with Crippen LogP contribution in [-0.2, 0) is 29.0 Å². The number of ether oxygens (including phenoxy) is 1. The fourth-order valence-electron chi connectivity index (χ4n) is 3.31. The van der Waals surface area contributed by atoms with Crippen molar-refractivity contribution in [1.29, 1.82) is 0 Å². The van der Waals surface area contributed by atoms with Crippen LogP contribution in [0.3, 0.4) is 0 Å². The molecule has 0 radical (unpaired) electrons. The highest BCUT2D eigenvalue weighted by Crippen LogP contribution is 2.25. The van der Waals surface area contributed by atoms with Crippen LogP contribution in [0.1, 0.15) is 34.6 Å². The van der Waals surface area contributed by atoms with E-state index in [0.717, 1.165) is 25.1 Å². The Hall–Kier alpha value is -1.93. The molecule has 2 aliphatic heterocycles. The lowest BCUT2D eigenvalue weighted by Crippen LogP contribution is -2.42. The van der Waals surface area contributed by atoms with E-state index < -0.39 is 5.97 Å². The van der Waals surface area contributed by atoms with Gasteiger partial charge in [0.1, 0.15) is 6.10 Å². The maximum absolute atomic E-state index is 12.5. The molecule has 0 aliphatic carbocycles. The third-order valence-electron chi connectivity index (χ3n) is 4.61. The van der Waals surface area contributed by atoms with Gasteiger partial charge in [-0.3, -0.25) is 9.48 Å². The first kappa shape index (κ1) is 16.9. The summed E-state index contributed by atoms with van der Waals surface area (Å²) in [7, 11) is 3.94. The van der Waals surface area contributed by atoms with E-state index in [1.165, 1.54) is 0 Å². The third-order valence-corrected chi connectivity index (χ3v) is 4.61. The number of hydrogen-bond acceptors (Lipinski definition) is 5. The Balaban J connectivity index is 1.81. The van der Waals surface area contributed by atoms with Gasteiger partial charge in [0.05, 0.1) is 6.54 Å². The minimum absolute atomic E-state index is 0.0319. The van der Waals surface area contributed by atoms with Crippen LogP contribution in [0.25, 0.3) is 0 Å². The van der Waals surface area contributed by atoms with Gasteiger partial charge in [0.15, 0.2) is 5.69 Å². The third kappa shape index (κ3) is 3.29. The van der Waals surface area contributed by atoms with E-state index in [1.54, 1.807) is 9.58 Å². The second-order valence-corrected chi connectivity index (χ2v) is 6.62. The van der Waals surface area contributed by atoms with Crippen molar-refractivity contribution in [3.63, 3.8) is 0 Å². The molecule has 1 aromatic heterocycles. The molecule has 0 unspecified atom stereocenters. The van der Waals surface area contributed by atoms with E-state index in [0.29, 0.717) is 38.2 Å². The number of carboxylic acids is 1. The number of hydrogen-bond donors (Lipinski definition) is 1. The van der Waals surface area contributed by atoms with Crippen molar-refractivity contribution in [1.82, 2.24) is 19.6 Å². The average Bonchev–Trinajstić information content (AvgIpc) is 3.19. The SMILES string of the molecule is CN(C)CCn1nc(C(=O)O)c2c1CCN(C(=O)[C@@H]1CCCO1)C2. The van der Waals surface area contributed by atoms with Gasteiger partial charge < -0.3 is 19.6 Å². The maximum Gasteiger partial charge on any atom is 0.356 e. The summed E-state index contributed by atoms with van der Waals surface area (Å²) in [6.07, 6.45) is 1.90. The van der Waals surface area contributed by atoms with Crippen molar-refractivity contribution in [3.8, 4) is 0 Å². The number of aromatic carboxylic acids is 1. The molecule has 0 saturated carbocycles. The van der Waals surface area contributed by atoms with Gasteiger partial charge in [-0.15, -0.1) is 0 Å². The predicted octanol–water partition coefficient (Wildman–Crippen LogP) is 0.207. The van der Waals surface area contributed by atoms with Crippen LogP contribution in [0.4, 0.5) is 0 Å². The van der Waals surface area contributed by atoms with Gasteiger partial charge in [0.2, 0.25) is 0 Å². The molecule has 0 spiro atoms. The zero-order chi connectivity index (χ0) is 17.3. The first-order valence-corrected chi connectivity index (χ1v) is 8.34. The average molecular weight is 336 g/mol. The molecule has 2 aliphatic rings. The van der Waals surface area contributed by atoms with E-state index in [2.05, 4.69) is 5.10 Å². The number of rotatable bonds is 5. The highest BCUT2D eigenvalue weighted by Gasteiger charge is 2.34. The summed E-state index contributed by atoms with van der Waals surface area (Å²) < 4.78 is 7.25. The van der Waals surface area contributed by atoms with Crippen LogP contribution in [0.5, 0.6) is 0 Å². The van der Waals surface area contributed by atoms with Crippen LogP contribution >= 0.6 is 0 Å². The summed E-state index contributed by atoms with van der Waals surface area (Å²) in [6.45, 7) is 2.93. The van der Waals surface area contributed by atoms with Crippen molar-refractivity contribution in [2.75, 3.05) is 33.8 Å². The quantitative estimate of drug-likeness (QED) is 0.827. The molecule has 0 aromatic carbocycles. The number of carbonyl (C=O) groups excluding carboxylic acids is 1. The molecule has 1 N–H and O–H groups in total. The van der Waals surface area contributed by atoms with E-state index in [4.69, 9.17) is 4.74 Å². The lowest BCUT2D eigenvalue weighted by atomic mass is 10.0. The molecule has 3 rings (SSSR count). The monoisotopic (exact) mass is 336 g/mol. The van der Waals surface area contributed by atoms with Gasteiger partial charge in [-0.25, -0.2) is 4.79 Å². The summed E-state index contributed by atoms with van der Waals surface area (Å²) >= 11 is 0. The molecular weight excluding hydrogens is 312 g/mol. The Morgan fingerprint density at radius 1 is 1.42 bits per heavy atom. The Morgan fingerprint density at radius 3 is 2.83 bits per heavy atom. The molecule has 1 amide bonds. The Morgan fingerprint density at radius 2 is 2.21 bits per heavy atom. The number of likely N-dealkylation sites (N-methyl/N-ethyl adjacent to an activating group) is 1. The molecule has 8 nitrogen and oxygen atoms in total. The topological polar surface area (TPSA) is 87.9 Å². The Bertz CT molecular complexity index is 634. The maximum atomic E-state index is 12.5. The molecule has 1 aromatic rings. The number of aromatic nitrogens is 2. The number of fused-ring (bicyclic) bond motifs is 1. The Labute approximate surface area is 141 Å². The first-order valence-electron chi connectivity index (χ1n) is 8.34. The number of carboxylic acid groups (broad SMARTS) is 1. The molecule has 24 heavy (non-hydrogen) atoms. The summed E-state index contributed by atoms with van der Waals surface area (Å²) in [6, 6.07) is 0. The van der Waals surface area contributed by atoms with Gasteiger partial charge >= 0.3 is 5.97 Å². The van der Waals surface area contributed by atoms with Crippen molar-refractivity contribution in [2.45, 2.75) is 38.5 Å². The molecular formula is C16H24N4O4. The van der Waals surface area contributed by atoms with Crippen molar-refractivity contribution >= 4 is 11.9 Å². The molecule has 3 heterocycles. The fraction of sp³-hybridized carbons (Fsp3) is 0.688. The van der Waals surface area contributed by atoms with E-state index >= 15 is 0 Å². The zero-order valence-corrected chi connectivity index (χ0v) is 14.2.